The number of hydrogen-bond donors (Lipinski definition) is 3. The smallest absolute Gasteiger partial charge is 0.146 e. The lowest BCUT2D eigenvalue weighted by Gasteiger charge is -2.20. The second kappa shape index (κ2) is 4.60. The minimum Gasteiger partial charge on any atom is -0.397 e. The summed E-state index contributed by atoms with van der Waals surface area (Å²) in [7, 11) is 0. The fraction of sp³-hybridized carbons (Fsp3) is 0.417. The van der Waals surface area contributed by atoms with E-state index in [1.165, 1.54) is 6.07 Å². The largest absolute Gasteiger partial charge is 0.397 e. The first-order valence-corrected chi connectivity index (χ1v) is 5.21. The molecule has 0 unspecified atom stereocenters. The molecule has 92 valence electrons. The maximum Gasteiger partial charge on any atom is 0.146 e. The molecule has 4 N–H and O–H groups in total. The van der Waals surface area contributed by atoms with Gasteiger partial charge in [-0.05, 0) is 32.4 Å². The molecule has 0 amide bonds. The Balaban J connectivity index is 3.16. The molecule has 0 aliphatic heterocycles. The summed E-state index contributed by atoms with van der Waals surface area (Å²) < 4.78 is 13.7. The molecule has 0 aliphatic carbocycles. The van der Waals surface area contributed by atoms with Crippen molar-refractivity contribution in [1.82, 2.24) is 0 Å². The van der Waals surface area contributed by atoms with Crippen LogP contribution in [0.1, 0.15) is 25.0 Å². The Kier molecular flexibility index (Phi) is 3.59. The van der Waals surface area contributed by atoms with Crippen molar-refractivity contribution in [3.05, 3.63) is 23.0 Å². The van der Waals surface area contributed by atoms with Gasteiger partial charge in [0.1, 0.15) is 17.4 Å². The van der Waals surface area contributed by atoms with Crippen LogP contribution in [-0.4, -0.2) is 17.3 Å². The average Bonchev–Trinajstić information content (AvgIpc) is 2.20. The Labute approximate surface area is 99.9 Å². The monoisotopic (exact) mass is 237 g/mol. The van der Waals surface area contributed by atoms with Crippen LogP contribution in [0.5, 0.6) is 0 Å². The maximum absolute atomic E-state index is 13.7. The third kappa shape index (κ3) is 3.08. The van der Waals surface area contributed by atoms with E-state index in [-0.39, 0.29) is 17.8 Å². The summed E-state index contributed by atoms with van der Waals surface area (Å²) in [5, 5.41) is 21.3. The summed E-state index contributed by atoms with van der Waals surface area (Å²) in [6, 6.07) is 3.24. The number of anilines is 2. The summed E-state index contributed by atoms with van der Waals surface area (Å²) in [4.78, 5) is 0. The molecule has 17 heavy (non-hydrogen) atoms. The zero-order valence-electron chi connectivity index (χ0n) is 10.1. The number of nitrogens with two attached hydrogens (primary N) is 1. The predicted octanol–water partition coefficient (Wildman–Crippen LogP) is 1.77. The first-order chi connectivity index (χ1) is 7.76. The van der Waals surface area contributed by atoms with Gasteiger partial charge in [-0.3, -0.25) is 0 Å². The number of aryl methyl sites for hydroxylation is 1. The standard InChI is InChI=1S/C12H16FN3O/c1-7-4-9(15)11(8(5-14)10(7)13)16-6-12(2,3)17/h4,16-17H,6,15H2,1-3H3. The molecule has 0 fully saturated rings. The lowest BCUT2D eigenvalue weighted by molar-refractivity contribution is 0.0945. The zero-order chi connectivity index (χ0) is 13.2. The van der Waals surface area contributed by atoms with Crippen molar-refractivity contribution in [2.75, 3.05) is 17.6 Å². The summed E-state index contributed by atoms with van der Waals surface area (Å²) in [6.45, 7) is 4.93. The van der Waals surface area contributed by atoms with Crippen LogP contribution in [0, 0.1) is 24.1 Å². The molecule has 1 rings (SSSR count). The van der Waals surface area contributed by atoms with Gasteiger partial charge in [-0.1, -0.05) is 0 Å². The summed E-state index contributed by atoms with van der Waals surface area (Å²) in [6.07, 6.45) is 0. The third-order valence-corrected chi connectivity index (χ3v) is 2.29. The van der Waals surface area contributed by atoms with Gasteiger partial charge < -0.3 is 16.2 Å². The van der Waals surface area contributed by atoms with Crippen LogP contribution in [0.15, 0.2) is 6.07 Å². The van der Waals surface area contributed by atoms with Gasteiger partial charge in [0.25, 0.3) is 0 Å². The van der Waals surface area contributed by atoms with E-state index in [1.807, 2.05) is 0 Å². The van der Waals surface area contributed by atoms with Crippen molar-refractivity contribution in [2.45, 2.75) is 26.4 Å². The number of hydrogen-bond acceptors (Lipinski definition) is 4. The molecule has 0 atom stereocenters. The highest BCUT2D eigenvalue weighted by atomic mass is 19.1. The fourth-order valence-corrected chi connectivity index (χ4v) is 1.42. The first kappa shape index (κ1) is 13.3. The van der Waals surface area contributed by atoms with Crippen molar-refractivity contribution in [2.24, 2.45) is 0 Å². The number of nitrogens with zero attached hydrogens (tertiary/aromatic N) is 1. The minimum absolute atomic E-state index is 0.119. The molecule has 0 aliphatic rings. The molecule has 1 aromatic rings. The van der Waals surface area contributed by atoms with Crippen molar-refractivity contribution < 1.29 is 9.50 Å². The van der Waals surface area contributed by atoms with Gasteiger partial charge in [0.2, 0.25) is 0 Å². The van der Waals surface area contributed by atoms with Crippen LogP contribution in [0.4, 0.5) is 15.8 Å². The molecule has 0 aromatic heterocycles. The van der Waals surface area contributed by atoms with Crippen LogP contribution in [0.25, 0.3) is 0 Å². The van der Waals surface area contributed by atoms with Gasteiger partial charge in [-0.15, -0.1) is 0 Å². The Morgan fingerprint density at radius 1 is 1.59 bits per heavy atom. The van der Waals surface area contributed by atoms with Crippen molar-refractivity contribution in [3.63, 3.8) is 0 Å². The quantitative estimate of drug-likeness (QED) is 0.700. The molecule has 0 radical (unpaired) electrons. The van der Waals surface area contributed by atoms with E-state index in [2.05, 4.69) is 5.32 Å². The van der Waals surface area contributed by atoms with Crippen LogP contribution in [0.2, 0.25) is 0 Å². The second-order valence-corrected chi connectivity index (χ2v) is 4.62. The lowest BCUT2D eigenvalue weighted by Crippen LogP contribution is -2.30. The molecule has 5 heteroatoms. The van der Waals surface area contributed by atoms with Gasteiger partial charge in [-0.25, -0.2) is 4.39 Å². The number of nitriles is 1. The molecule has 4 nitrogen and oxygen atoms in total. The van der Waals surface area contributed by atoms with E-state index in [0.717, 1.165) is 0 Å². The van der Waals surface area contributed by atoms with E-state index in [4.69, 9.17) is 11.0 Å². The fourth-order valence-electron chi connectivity index (χ4n) is 1.42. The number of nitrogens with one attached hydrogen (secondary N) is 1. The molecule has 0 bridgehead atoms. The Hall–Kier alpha value is -1.80. The number of aliphatic hydroxyl groups is 1. The highest BCUT2D eigenvalue weighted by Crippen LogP contribution is 2.28. The molecule has 0 heterocycles. The Morgan fingerprint density at radius 2 is 2.18 bits per heavy atom. The van der Waals surface area contributed by atoms with Crippen molar-refractivity contribution in [1.29, 1.82) is 5.26 Å². The topological polar surface area (TPSA) is 82.1 Å². The third-order valence-electron chi connectivity index (χ3n) is 2.29. The zero-order valence-corrected chi connectivity index (χ0v) is 10.1. The average molecular weight is 237 g/mol. The van der Waals surface area contributed by atoms with Crippen LogP contribution in [-0.2, 0) is 0 Å². The van der Waals surface area contributed by atoms with E-state index >= 15 is 0 Å². The number of halogens is 1. The molecular formula is C12H16FN3O. The van der Waals surface area contributed by atoms with Gasteiger partial charge in [0, 0.05) is 6.54 Å². The molecule has 1 aromatic carbocycles. The lowest BCUT2D eigenvalue weighted by atomic mass is 10.1. The Bertz CT molecular complexity index is 472. The second-order valence-electron chi connectivity index (χ2n) is 4.62. The minimum atomic E-state index is -0.972. The summed E-state index contributed by atoms with van der Waals surface area (Å²) >= 11 is 0. The maximum atomic E-state index is 13.7. The van der Waals surface area contributed by atoms with Crippen LogP contribution in [0.3, 0.4) is 0 Å². The molecular weight excluding hydrogens is 221 g/mol. The number of benzene rings is 1. The van der Waals surface area contributed by atoms with Gasteiger partial charge in [0.15, 0.2) is 0 Å². The van der Waals surface area contributed by atoms with Crippen LogP contribution < -0.4 is 11.1 Å². The van der Waals surface area contributed by atoms with Crippen LogP contribution >= 0.6 is 0 Å². The van der Waals surface area contributed by atoms with E-state index in [9.17, 15) is 9.50 Å². The SMILES string of the molecule is Cc1cc(N)c(NCC(C)(C)O)c(C#N)c1F. The van der Waals surface area contributed by atoms with E-state index in [0.29, 0.717) is 11.3 Å². The molecule has 0 saturated carbocycles. The highest BCUT2D eigenvalue weighted by Gasteiger charge is 2.18. The van der Waals surface area contributed by atoms with E-state index in [1.54, 1.807) is 26.8 Å². The Morgan fingerprint density at radius 3 is 2.65 bits per heavy atom. The van der Waals surface area contributed by atoms with Crippen molar-refractivity contribution in [3.8, 4) is 6.07 Å². The van der Waals surface area contributed by atoms with Gasteiger partial charge in [0.05, 0.1) is 17.0 Å². The summed E-state index contributed by atoms with van der Waals surface area (Å²) in [5.41, 5.74) is 5.50. The molecule has 0 saturated heterocycles. The van der Waals surface area contributed by atoms with E-state index < -0.39 is 11.4 Å². The summed E-state index contributed by atoms with van der Waals surface area (Å²) in [5.74, 6) is -0.583. The number of rotatable bonds is 3. The van der Waals surface area contributed by atoms with Gasteiger partial charge in [-0.2, -0.15) is 5.26 Å². The number of nitrogen functional groups attached to an aromatic ring is 1. The normalized spacial score (nSPS) is 11.1. The highest BCUT2D eigenvalue weighted by molar-refractivity contribution is 5.75. The predicted molar refractivity (Wildman–Crippen MR) is 65.1 cm³/mol. The van der Waals surface area contributed by atoms with Crippen molar-refractivity contribution >= 4 is 11.4 Å². The molecule has 0 spiro atoms. The van der Waals surface area contributed by atoms with Gasteiger partial charge >= 0.3 is 0 Å². The first-order valence-electron chi connectivity index (χ1n) is 5.21.